The molecule has 0 amide bonds. The van der Waals surface area contributed by atoms with Crippen molar-refractivity contribution in [2.45, 2.75) is 64.2 Å². The summed E-state index contributed by atoms with van der Waals surface area (Å²) in [5.74, 6) is 0. The van der Waals surface area contributed by atoms with Gasteiger partial charge in [0.05, 0.1) is 0 Å². The van der Waals surface area contributed by atoms with Crippen LogP contribution in [0.1, 0.15) is 64.2 Å². The maximum Gasteiger partial charge on any atom is 0.0431 e. The van der Waals surface area contributed by atoms with E-state index in [4.69, 9.17) is 10.2 Å². The number of hydrogen-bond donors (Lipinski definition) is 2. The van der Waals surface area contributed by atoms with E-state index < -0.39 is 0 Å². The summed E-state index contributed by atoms with van der Waals surface area (Å²) in [4.78, 5) is 5.23. The Hall–Kier alpha value is -0.160. The number of rotatable bonds is 14. The molecule has 1 saturated heterocycles. The molecule has 0 aromatic rings. The molecule has 0 atom stereocenters. The van der Waals surface area contributed by atoms with Gasteiger partial charge < -0.3 is 20.0 Å². The van der Waals surface area contributed by atoms with Crippen molar-refractivity contribution in [1.82, 2.24) is 9.80 Å². The number of hydrogen-bond acceptors (Lipinski definition) is 4. The van der Waals surface area contributed by atoms with E-state index in [1.165, 1.54) is 90.6 Å². The second kappa shape index (κ2) is 14.4. The van der Waals surface area contributed by atoms with Crippen LogP contribution in [0.25, 0.3) is 0 Å². The van der Waals surface area contributed by atoms with Crippen LogP contribution in [0.5, 0.6) is 0 Å². The molecule has 0 aromatic heterocycles. The van der Waals surface area contributed by atoms with E-state index in [9.17, 15) is 0 Å². The second-order valence-electron chi connectivity index (χ2n) is 6.67. The zero-order chi connectivity index (χ0) is 15.9. The third-order valence-electron chi connectivity index (χ3n) is 4.73. The first-order chi connectivity index (χ1) is 10.9. The molecule has 0 spiro atoms. The van der Waals surface area contributed by atoms with Gasteiger partial charge in [-0.25, -0.2) is 0 Å². The van der Waals surface area contributed by atoms with E-state index in [1.807, 2.05) is 0 Å². The average molecular weight is 315 g/mol. The van der Waals surface area contributed by atoms with Crippen molar-refractivity contribution in [3.05, 3.63) is 0 Å². The van der Waals surface area contributed by atoms with Crippen molar-refractivity contribution < 1.29 is 10.2 Å². The first-order valence-electron chi connectivity index (χ1n) is 9.53. The van der Waals surface area contributed by atoms with Gasteiger partial charge in [-0.1, -0.05) is 38.5 Å². The molecule has 0 aliphatic carbocycles. The van der Waals surface area contributed by atoms with Crippen molar-refractivity contribution in [1.29, 1.82) is 0 Å². The fourth-order valence-corrected chi connectivity index (χ4v) is 3.19. The minimum absolute atomic E-state index is 0.351. The molecule has 0 aromatic carbocycles. The smallest absolute Gasteiger partial charge is 0.0431 e. The third-order valence-corrected chi connectivity index (χ3v) is 4.73. The number of nitrogens with zero attached hydrogens (tertiary/aromatic N) is 2. The first-order valence-corrected chi connectivity index (χ1v) is 9.53. The first kappa shape index (κ1) is 19.9. The maximum absolute atomic E-state index is 8.74. The Labute approximate surface area is 137 Å². The zero-order valence-corrected chi connectivity index (χ0v) is 14.5. The van der Waals surface area contributed by atoms with Crippen LogP contribution in [0.2, 0.25) is 0 Å². The monoisotopic (exact) mass is 314 g/mol. The summed E-state index contributed by atoms with van der Waals surface area (Å²) < 4.78 is 0. The van der Waals surface area contributed by atoms with Crippen LogP contribution in [-0.4, -0.2) is 72.5 Å². The van der Waals surface area contributed by atoms with Gasteiger partial charge in [-0.3, -0.25) is 0 Å². The molecule has 1 aliphatic rings. The lowest BCUT2D eigenvalue weighted by molar-refractivity contribution is 0.129. The number of piperazine rings is 1. The minimum Gasteiger partial charge on any atom is -0.396 e. The van der Waals surface area contributed by atoms with Gasteiger partial charge in [0.15, 0.2) is 0 Å². The van der Waals surface area contributed by atoms with Gasteiger partial charge in [-0.2, -0.15) is 0 Å². The third kappa shape index (κ3) is 10.5. The molecule has 1 rings (SSSR count). The highest BCUT2D eigenvalue weighted by atomic mass is 16.3. The van der Waals surface area contributed by atoms with Gasteiger partial charge in [-0.15, -0.1) is 0 Å². The normalized spacial score (nSPS) is 17.2. The summed E-state index contributed by atoms with van der Waals surface area (Å²) in [6.45, 7) is 8.17. The van der Waals surface area contributed by atoms with Crippen molar-refractivity contribution >= 4 is 0 Å². The van der Waals surface area contributed by atoms with E-state index in [0.717, 1.165) is 12.8 Å². The van der Waals surface area contributed by atoms with E-state index in [-0.39, 0.29) is 0 Å². The summed E-state index contributed by atoms with van der Waals surface area (Å²) in [6.07, 6.45) is 12.1. The Kier molecular flexibility index (Phi) is 13.0. The number of unbranched alkanes of at least 4 members (excludes halogenated alkanes) is 8. The van der Waals surface area contributed by atoms with E-state index >= 15 is 0 Å². The number of aliphatic hydroxyl groups is 2. The highest BCUT2D eigenvalue weighted by Gasteiger charge is 2.15. The molecule has 4 nitrogen and oxygen atoms in total. The van der Waals surface area contributed by atoms with Crippen molar-refractivity contribution in [3.63, 3.8) is 0 Å². The quantitative estimate of drug-likeness (QED) is 0.484. The van der Waals surface area contributed by atoms with Crippen molar-refractivity contribution in [2.75, 3.05) is 52.5 Å². The van der Waals surface area contributed by atoms with Crippen LogP contribution in [-0.2, 0) is 0 Å². The lowest BCUT2D eigenvalue weighted by Crippen LogP contribution is -2.46. The Balaban J connectivity index is 1.88. The molecular formula is C18H38N2O2. The Bertz CT molecular complexity index is 207. The van der Waals surface area contributed by atoms with Gasteiger partial charge in [0.2, 0.25) is 0 Å². The average Bonchev–Trinajstić information content (AvgIpc) is 2.55. The van der Waals surface area contributed by atoms with Crippen LogP contribution in [0.15, 0.2) is 0 Å². The lowest BCUT2D eigenvalue weighted by Gasteiger charge is -2.34. The molecular weight excluding hydrogens is 276 g/mol. The molecule has 0 saturated carbocycles. The molecule has 1 aliphatic heterocycles. The van der Waals surface area contributed by atoms with Gasteiger partial charge in [-0.05, 0) is 38.8 Å². The molecule has 1 fully saturated rings. The van der Waals surface area contributed by atoms with Gasteiger partial charge in [0.1, 0.15) is 0 Å². The summed E-state index contributed by atoms with van der Waals surface area (Å²) in [7, 11) is 0. The Morgan fingerprint density at radius 2 is 0.773 bits per heavy atom. The molecule has 22 heavy (non-hydrogen) atoms. The van der Waals surface area contributed by atoms with E-state index in [1.54, 1.807) is 0 Å². The Morgan fingerprint density at radius 1 is 0.455 bits per heavy atom. The van der Waals surface area contributed by atoms with Crippen LogP contribution in [0.4, 0.5) is 0 Å². The predicted molar refractivity (Wildman–Crippen MR) is 93.2 cm³/mol. The molecule has 0 bridgehead atoms. The standard InChI is InChI=1S/C18H38N2O2/c21-17-9-5-1-3-7-11-19-13-15-20(16-14-19)12-8-4-2-6-10-18-22/h21-22H,1-18H2. The molecule has 0 unspecified atom stereocenters. The fourth-order valence-electron chi connectivity index (χ4n) is 3.19. The van der Waals surface area contributed by atoms with E-state index in [0.29, 0.717) is 13.2 Å². The zero-order valence-electron chi connectivity index (χ0n) is 14.5. The molecule has 0 radical (unpaired) electrons. The predicted octanol–water partition coefficient (Wildman–Crippen LogP) is 2.49. The summed E-state index contributed by atoms with van der Waals surface area (Å²) >= 11 is 0. The fraction of sp³-hybridized carbons (Fsp3) is 1.00. The van der Waals surface area contributed by atoms with Crippen LogP contribution < -0.4 is 0 Å². The topological polar surface area (TPSA) is 46.9 Å². The highest BCUT2D eigenvalue weighted by Crippen LogP contribution is 2.09. The molecule has 4 heteroatoms. The van der Waals surface area contributed by atoms with Gasteiger partial charge >= 0.3 is 0 Å². The van der Waals surface area contributed by atoms with E-state index in [2.05, 4.69) is 9.80 Å². The SMILES string of the molecule is OCCCCCCCN1CCN(CCCCCCCO)CC1. The largest absolute Gasteiger partial charge is 0.396 e. The number of aliphatic hydroxyl groups excluding tert-OH is 2. The summed E-state index contributed by atoms with van der Waals surface area (Å²) in [5, 5.41) is 17.5. The second-order valence-corrected chi connectivity index (χ2v) is 6.67. The molecule has 1 heterocycles. The highest BCUT2D eigenvalue weighted by molar-refractivity contribution is 4.71. The van der Waals surface area contributed by atoms with Gasteiger partial charge in [0.25, 0.3) is 0 Å². The maximum atomic E-state index is 8.74. The van der Waals surface area contributed by atoms with Crippen LogP contribution >= 0.6 is 0 Å². The van der Waals surface area contributed by atoms with Gasteiger partial charge in [0, 0.05) is 39.4 Å². The Morgan fingerprint density at radius 3 is 1.14 bits per heavy atom. The van der Waals surface area contributed by atoms with Crippen molar-refractivity contribution in [2.24, 2.45) is 0 Å². The minimum atomic E-state index is 0.351. The molecule has 2 N–H and O–H groups in total. The van der Waals surface area contributed by atoms with Crippen molar-refractivity contribution in [3.8, 4) is 0 Å². The van der Waals surface area contributed by atoms with Crippen LogP contribution in [0, 0.1) is 0 Å². The van der Waals surface area contributed by atoms with Crippen LogP contribution in [0.3, 0.4) is 0 Å². The summed E-state index contributed by atoms with van der Waals surface area (Å²) in [6, 6.07) is 0. The lowest BCUT2D eigenvalue weighted by atomic mass is 10.1. The molecule has 132 valence electrons. The summed E-state index contributed by atoms with van der Waals surface area (Å²) in [5.41, 5.74) is 0.